The molecular weight excluding hydrogens is 144 g/mol. The molecule has 1 aliphatic carbocycles. The molecule has 0 amide bonds. The lowest BCUT2D eigenvalue weighted by Gasteiger charge is -2.06. The number of carbonyl (C=O) groups is 1. The summed E-state index contributed by atoms with van der Waals surface area (Å²) in [5, 5.41) is 9.17. The minimum Gasteiger partial charge on any atom is -0.467 e. The van der Waals surface area contributed by atoms with Gasteiger partial charge in [-0.15, -0.1) is 0 Å². The van der Waals surface area contributed by atoms with Crippen LogP contribution >= 0.6 is 0 Å². The predicted molar refractivity (Wildman–Crippen MR) is 39.9 cm³/mol. The average Bonchev–Trinajstić information content (AvgIpc) is 2.65. The molecule has 3 unspecified atom stereocenters. The van der Waals surface area contributed by atoms with Gasteiger partial charge in [-0.05, 0) is 24.7 Å². The lowest BCUT2D eigenvalue weighted by Crippen LogP contribution is -2.22. The molecule has 1 saturated carbocycles. The van der Waals surface area contributed by atoms with Gasteiger partial charge >= 0.3 is 5.97 Å². The fraction of sp³-hybridized carbons (Fsp3) is 0.875. The van der Waals surface area contributed by atoms with Crippen LogP contribution in [0.2, 0.25) is 0 Å². The Labute approximate surface area is 66.4 Å². The zero-order valence-electron chi connectivity index (χ0n) is 6.91. The van der Waals surface area contributed by atoms with E-state index in [1.165, 1.54) is 7.11 Å². The summed E-state index contributed by atoms with van der Waals surface area (Å²) >= 11 is 0. The molecule has 3 atom stereocenters. The second-order valence-electron chi connectivity index (χ2n) is 3.25. The Morgan fingerprint density at radius 1 is 1.82 bits per heavy atom. The van der Waals surface area contributed by atoms with E-state index in [1.807, 2.05) is 0 Å². The maximum atomic E-state index is 10.7. The van der Waals surface area contributed by atoms with Crippen molar-refractivity contribution in [2.45, 2.75) is 25.9 Å². The molecule has 64 valence electrons. The van der Waals surface area contributed by atoms with Gasteiger partial charge in [0.1, 0.15) is 0 Å². The molecule has 0 aromatic carbocycles. The van der Waals surface area contributed by atoms with Crippen LogP contribution in [0.4, 0.5) is 0 Å². The van der Waals surface area contributed by atoms with Crippen molar-refractivity contribution in [3.63, 3.8) is 0 Å². The first kappa shape index (κ1) is 8.53. The molecule has 3 nitrogen and oxygen atoms in total. The van der Waals surface area contributed by atoms with E-state index in [-0.39, 0.29) is 0 Å². The number of hydrogen-bond acceptors (Lipinski definition) is 3. The first-order valence-electron chi connectivity index (χ1n) is 3.91. The lowest BCUT2D eigenvalue weighted by atomic mass is 10.1. The number of ether oxygens (including phenoxy) is 1. The molecule has 0 bridgehead atoms. The molecule has 0 saturated heterocycles. The van der Waals surface area contributed by atoms with Crippen molar-refractivity contribution in [1.82, 2.24) is 0 Å². The van der Waals surface area contributed by atoms with E-state index in [0.29, 0.717) is 18.3 Å². The van der Waals surface area contributed by atoms with Gasteiger partial charge in [0.05, 0.1) is 7.11 Å². The van der Waals surface area contributed by atoms with Crippen molar-refractivity contribution in [3.8, 4) is 0 Å². The third-order valence-electron chi connectivity index (χ3n) is 2.28. The van der Waals surface area contributed by atoms with Gasteiger partial charge in [-0.1, -0.05) is 6.92 Å². The second kappa shape index (κ2) is 3.22. The van der Waals surface area contributed by atoms with Crippen LogP contribution in [0.5, 0.6) is 0 Å². The van der Waals surface area contributed by atoms with Gasteiger partial charge in [-0.3, -0.25) is 0 Å². The number of esters is 1. The van der Waals surface area contributed by atoms with Crippen molar-refractivity contribution in [3.05, 3.63) is 0 Å². The highest BCUT2D eigenvalue weighted by molar-refractivity contribution is 5.74. The van der Waals surface area contributed by atoms with Crippen LogP contribution in [0.25, 0.3) is 0 Å². The number of carbonyl (C=O) groups excluding carboxylic acids is 1. The first-order valence-corrected chi connectivity index (χ1v) is 3.91. The highest BCUT2D eigenvalue weighted by Crippen LogP contribution is 2.41. The van der Waals surface area contributed by atoms with Crippen molar-refractivity contribution in [1.29, 1.82) is 0 Å². The Kier molecular flexibility index (Phi) is 2.49. The van der Waals surface area contributed by atoms with Crippen LogP contribution in [0, 0.1) is 11.8 Å². The molecule has 0 aromatic heterocycles. The number of hydrogen-bond donors (Lipinski definition) is 1. The number of rotatable bonds is 3. The molecule has 0 radical (unpaired) electrons. The van der Waals surface area contributed by atoms with Gasteiger partial charge in [0.25, 0.3) is 0 Å². The maximum Gasteiger partial charge on any atom is 0.334 e. The summed E-state index contributed by atoms with van der Waals surface area (Å²) in [6.07, 6.45) is 0.789. The minimum atomic E-state index is -0.907. The average molecular weight is 158 g/mol. The summed E-state index contributed by atoms with van der Waals surface area (Å²) in [7, 11) is 1.29. The number of methoxy groups -OCH3 is 1. The SMILES string of the molecule is COC(=O)C(O)CC1CC1C. The van der Waals surface area contributed by atoms with Gasteiger partial charge < -0.3 is 9.84 Å². The fourth-order valence-corrected chi connectivity index (χ4v) is 1.25. The smallest absolute Gasteiger partial charge is 0.334 e. The van der Waals surface area contributed by atoms with E-state index in [0.717, 1.165) is 6.42 Å². The molecule has 1 N–H and O–H groups in total. The molecule has 0 aromatic rings. The van der Waals surface area contributed by atoms with Crippen molar-refractivity contribution in [2.24, 2.45) is 11.8 Å². The Balaban J connectivity index is 2.20. The van der Waals surface area contributed by atoms with Crippen LogP contribution < -0.4 is 0 Å². The van der Waals surface area contributed by atoms with Gasteiger partial charge in [0, 0.05) is 0 Å². The van der Waals surface area contributed by atoms with Crippen molar-refractivity contribution < 1.29 is 14.6 Å². The summed E-state index contributed by atoms with van der Waals surface area (Å²) in [5.74, 6) is 0.697. The molecule has 0 heterocycles. The van der Waals surface area contributed by atoms with E-state index in [9.17, 15) is 9.90 Å². The monoisotopic (exact) mass is 158 g/mol. The molecule has 11 heavy (non-hydrogen) atoms. The van der Waals surface area contributed by atoms with Gasteiger partial charge in [-0.2, -0.15) is 0 Å². The summed E-state index contributed by atoms with van der Waals surface area (Å²) in [6, 6.07) is 0. The largest absolute Gasteiger partial charge is 0.467 e. The maximum absolute atomic E-state index is 10.7. The Morgan fingerprint density at radius 3 is 2.73 bits per heavy atom. The Hall–Kier alpha value is -0.570. The van der Waals surface area contributed by atoms with Crippen molar-refractivity contribution >= 4 is 5.97 Å². The van der Waals surface area contributed by atoms with E-state index in [2.05, 4.69) is 11.7 Å². The van der Waals surface area contributed by atoms with Gasteiger partial charge in [-0.25, -0.2) is 4.79 Å². The van der Waals surface area contributed by atoms with E-state index in [4.69, 9.17) is 0 Å². The van der Waals surface area contributed by atoms with Crippen LogP contribution in [-0.2, 0) is 9.53 Å². The third-order valence-corrected chi connectivity index (χ3v) is 2.28. The van der Waals surface area contributed by atoms with Crippen LogP contribution in [0.3, 0.4) is 0 Å². The van der Waals surface area contributed by atoms with Crippen LogP contribution in [-0.4, -0.2) is 24.3 Å². The van der Waals surface area contributed by atoms with Gasteiger partial charge in [0.2, 0.25) is 0 Å². The van der Waals surface area contributed by atoms with Crippen LogP contribution in [0.1, 0.15) is 19.8 Å². The standard InChI is InChI=1S/C8H14O3/c1-5-3-6(5)4-7(9)8(10)11-2/h5-7,9H,3-4H2,1-2H3. The van der Waals surface area contributed by atoms with E-state index in [1.54, 1.807) is 0 Å². The normalized spacial score (nSPS) is 31.2. The summed E-state index contributed by atoms with van der Waals surface area (Å²) in [5.41, 5.74) is 0. The summed E-state index contributed by atoms with van der Waals surface area (Å²) in [4.78, 5) is 10.7. The fourth-order valence-electron chi connectivity index (χ4n) is 1.25. The Bertz CT molecular complexity index is 155. The molecule has 3 heteroatoms. The quantitative estimate of drug-likeness (QED) is 0.611. The molecule has 0 aliphatic heterocycles. The molecular formula is C8H14O3. The van der Waals surface area contributed by atoms with Crippen molar-refractivity contribution in [2.75, 3.05) is 7.11 Å². The molecule has 1 rings (SSSR count). The highest BCUT2D eigenvalue weighted by atomic mass is 16.5. The van der Waals surface area contributed by atoms with Gasteiger partial charge in [0.15, 0.2) is 6.10 Å². The van der Waals surface area contributed by atoms with E-state index >= 15 is 0 Å². The molecule has 0 spiro atoms. The number of aliphatic hydroxyl groups excluding tert-OH is 1. The summed E-state index contributed by atoms with van der Waals surface area (Å²) in [6.45, 7) is 2.12. The van der Waals surface area contributed by atoms with Crippen LogP contribution in [0.15, 0.2) is 0 Å². The predicted octanol–water partition coefficient (Wildman–Crippen LogP) is 0.566. The topological polar surface area (TPSA) is 46.5 Å². The third kappa shape index (κ3) is 2.19. The Morgan fingerprint density at radius 2 is 2.36 bits per heavy atom. The zero-order chi connectivity index (χ0) is 8.43. The summed E-state index contributed by atoms with van der Waals surface area (Å²) < 4.78 is 4.39. The zero-order valence-corrected chi connectivity index (χ0v) is 6.91. The first-order chi connectivity index (χ1) is 5.15. The van der Waals surface area contributed by atoms with E-state index < -0.39 is 12.1 Å². The highest BCUT2D eigenvalue weighted by Gasteiger charge is 2.35. The minimum absolute atomic E-state index is 0.510. The number of aliphatic hydroxyl groups is 1. The second-order valence-corrected chi connectivity index (χ2v) is 3.25. The molecule has 1 aliphatic rings. The lowest BCUT2D eigenvalue weighted by molar-refractivity contribution is -0.150. The molecule has 1 fully saturated rings.